The molecule has 0 bridgehead atoms. The summed E-state index contributed by atoms with van der Waals surface area (Å²) in [7, 11) is 0. The minimum absolute atomic E-state index is 0.0448. The topological polar surface area (TPSA) is 76.2 Å². The molecule has 2 aromatic heterocycles. The van der Waals surface area contributed by atoms with Crippen molar-refractivity contribution in [3.63, 3.8) is 0 Å². The molecule has 84 valence electrons. The van der Waals surface area contributed by atoms with Crippen LogP contribution in [0.3, 0.4) is 0 Å². The highest BCUT2D eigenvalue weighted by Crippen LogP contribution is 2.37. The number of hydrogen-bond donors (Lipinski definition) is 2. The van der Waals surface area contributed by atoms with E-state index in [0.29, 0.717) is 4.88 Å². The molecule has 0 saturated carbocycles. The molecule has 0 radical (unpaired) electrons. The number of aromatic carboxylic acids is 1. The Morgan fingerprint density at radius 3 is 2.62 bits per heavy atom. The number of carboxylic acids is 1. The number of anilines is 1. The SMILES string of the molecule is Cc1cc(-c2sc(N)nc2C(=O)O)c(C)s1. The Morgan fingerprint density at radius 1 is 1.44 bits per heavy atom. The average molecular weight is 254 g/mol. The van der Waals surface area contributed by atoms with Gasteiger partial charge in [-0.15, -0.1) is 11.3 Å². The molecule has 4 nitrogen and oxygen atoms in total. The van der Waals surface area contributed by atoms with Crippen LogP contribution in [-0.2, 0) is 0 Å². The van der Waals surface area contributed by atoms with E-state index in [1.54, 1.807) is 11.3 Å². The van der Waals surface area contributed by atoms with E-state index < -0.39 is 5.97 Å². The zero-order chi connectivity index (χ0) is 11.9. The minimum atomic E-state index is -1.04. The van der Waals surface area contributed by atoms with Gasteiger partial charge in [-0.1, -0.05) is 11.3 Å². The van der Waals surface area contributed by atoms with Crippen LogP contribution in [0.1, 0.15) is 20.2 Å². The highest BCUT2D eigenvalue weighted by atomic mass is 32.1. The van der Waals surface area contributed by atoms with Crippen molar-refractivity contribution < 1.29 is 9.90 Å². The highest BCUT2D eigenvalue weighted by Gasteiger charge is 2.20. The van der Waals surface area contributed by atoms with Gasteiger partial charge in [-0.2, -0.15) is 0 Å². The molecular formula is C10H10N2O2S2. The van der Waals surface area contributed by atoms with Gasteiger partial charge in [0.1, 0.15) is 0 Å². The van der Waals surface area contributed by atoms with Crippen molar-refractivity contribution in [2.45, 2.75) is 13.8 Å². The lowest BCUT2D eigenvalue weighted by Crippen LogP contribution is -1.99. The van der Waals surface area contributed by atoms with Gasteiger partial charge in [0, 0.05) is 15.3 Å². The zero-order valence-electron chi connectivity index (χ0n) is 8.77. The maximum atomic E-state index is 11.0. The van der Waals surface area contributed by atoms with E-state index in [9.17, 15) is 4.79 Å². The number of aromatic nitrogens is 1. The summed E-state index contributed by atoms with van der Waals surface area (Å²) in [4.78, 5) is 17.7. The normalized spacial score (nSPS) is 10.6. The lowest BCUT2D eigenvalue weighted by atomic mass is 10.2. The molecule has 0 spiro atoms. The van der Waals surface area contributed by atoms with Gasteiger partial charge in [0.25, 0.3) is 0 Å². The molecule has 0 saturated heterocycles. The Balaban J connectivity index is 2.63. The second-order valence-electron chi connectivity index (χ2n) is 3.36. The van der Waals surface area contributed by atoms with Gasteiger partial charge < -0.3 is 10.8 Å². The molecule has 16 heavy (non-hydrogen) atoms. The van der Waals surface area contributed by atoms with Crippen molar-refractivity contribution in [2.75, 3.05) is 5.73 Å². The molecule has 2 rings (SSSR count). The first-order valence-electron chi connectivity index (χ1n) is 4.56. The van der Waals surface area contributed by atoms with Gasteiger partial charge in [0.15, 0.2) is 10.8 Å². The summed E-state index contributed by atoms with van der Waals surface area (Å²) in [6.07, 6.45) is 0. The predicted molar refractivity (Wildman–Crippen MR) is 66.3 cm³/mol. The summed E-state index contributed by atoms with van der Waals surface area (Å²) in [5, 5.41) is 9.32. The number of carbonyl (C=O) groups is 1. The quantitative estimate of drug-likeness (QED) is 0.864. The molecule has 0 amide bonds. The van der Waals surface area contributed by atoms with E-state index in [1.165, 1.54) is 11.3 Å². The van der Waals surface area contributed by atoms with Gasteiger partial charge in [-0.3, -0.25) is 0 Å². The number of aryl methyl sites for hydroxylation is 2. The Morgan fingerprint density at radius 2 is 2.12 bits per heavy atom. The molecular weight excluding hydrogens is 244 g/mol. The molecule has 0 unspecified atom stereocenters. The number of rotatable bonds is 2. The number of nitrogen functional groups attached to an aromatic ring is 1. The third-order valence-corrected chi connectivity index (χ3v) is 4.02. The van der Waals surface area contributed by atoms with Gasteiger partial charge in [0.05, 0.1) is 4.88 Å². The Kier molecular flexibility index (Phi) is 2.69. The molecule has 6 heteroatoms. The van der Waals surface area contributed by atoms with Crippen molar-refractivity contribution in [3.8, 4) is 10.4 Å². The largest absolute Gasteiger partial charge is 0.476 e. The Labute approximate surface area is 100 Å². The molecule has 2 aromatic rings. The van der Waals surface area contributed by atoms with Crippen LogP contribution < -0.4 is 5.73 Å². The van der Waals surface area contributed by atoms with Crippen molar-refractivity contribution in [2.24, 2.45) is 0 Å². The van der Waals surface area contributed by atoms with Crippen LogP contribution in [0.5, 0.6) is 0 Å². The van der Waals surface area contributed by atoms with E-state index in [4.69, 9.17) is 10.8 Å². The fourth-order valence-electron chi connectivity index (χ4n) is 1.52. The van der Waals surface area contributed by atoms with Gasteiger partial charge in [-0.05, 0) is 19.9 Å². The molecule has 0 fully saturated rings. The molecule has 0 aliphatic carbocycles. The predicted octanol–water partition coefficient (Wildman–Crippen LogP) is 2.77. The maximum absolute atomic E-state index is 11.0. The van der Waals surface area contributed by atoms with Crippen molar-refractivity contribution in [1.29, 1.82) is 0 Å². The standard InChI is InChI=1S/C10H10N2O2S2/c1-4-3-6(5(2)15-4)8-7(9(13)14)12-10(11)16-8/h3H,1-2H3,(H2,11,12)(H,13,14). The Hall–Kier alpha value is -1.40. The van der Waals surface area contributed by atoms with Crippen molar-refractivity contribution in [1.82, 2.24) is 4.98 Å². The second-order valence-corrected chi connectivity index (χ2v) is 5.85. The Bertz CT molecular complexity index is 557. The van der Waals surface area contributed by atoms with Crippen LogP contribution in [0.2, 0.25) is 0 Å². The van der Waals surface area contributed by atoms with Crippen LogP contribution in [-0.4, -0.2) is 16.1 Å². The third kappa shape index (κ3) is 1.81. The molecule has 2 heterocycles. The second kappa shape index (κ2) is 3.88. The first-order valence-corrected chi connectivity index (χ1v) is 6.19. The molecule has 0 atom stereocenters. The number of nitrogens with two attached hydrogens (primary N) is 1. The van der Waals surface area contributed by atoms with Crippen molar-refractivity contribution >= 4 is 33.8 Å². The van der Waals surface area contributed by atoms with Crippen LogP contribution in [0.15, 0.2) is 6.07 Å². The van der Waals surface area contributed by atoms with Crippen molar-refractivity contribution in [3.05, 3.63) is 21.5 Å². The third-order valence-electron chi connectivity index (χ3n) is 2.13. The highest BCUT2D eigenvalue weighted by molar-refractivity contribution is 7.19. The average Bonchev–Trinajstić information content (AvgIpc) is 2.69. The molecule has 3 N–H and O–H groups in total. The lowest BCUT2D eigenvalue weighted by molar-refractivity contribution is 0.0692. The van der Waals surface area contributed by atoms with Gasteiger partial charge in [0.2, 0.25) is 0 Å². The summed E-state index contributed by atoms with van der Waals surface area (Å²) >= 11 is 2.85. The van der Waals surface area contributed by atoms with Crippen LogP contribution in [0.25, 0.3) is 10.4 Å². The molecule has 0 aromatic carbocycles. The zero-order valence-corrected chi connectivity index (χ0v) is 10.4. The first kappa shape index (κ1) is 11.1. The molecule has 0 aliphatic heterocycles. The summed E-state index contributed by atoms with van der Waals surface area (Å²) in [6, 6.07) is 1.97. The number of thiazole rings is 1. The summed E-state index contributed by atoms with van der Waals surface area (Å²) in [6.45, 7) is 3.96. The van der Waals surface area contributed by atoms with E-state index in [0.717, 1.165) is 15.3 Å². The summed E-state index contributed by atoms with van der Waals surface area (Å²) < 4.78 is 0. The lowest BCUT2D eigenvalue weighted by Gasteiger charge is -1.96. The van der Waals surface area contributed by atoms with Crippen LogP contribution in [0, 0.1) is 13.8 Å². The summed E-state index contributed by atoms with van der Waals surface area (Å²) in [5.41, 5.74) is 6.53. The number of nitrogens with zero attached hydrogens (tertiary/aromatic N) is 1. The first-order chi connectivity index (χ1) is 7.49. The number of thiophene rings is 1. The van der Waals surface area contributed by atoms with E-state index in [-0.39, 0.29) is 10.8 Å². The smallest absolute Gasteiger partial charge is 0.356 e. The van der Waals surface area contributed by atoms with Gasteiger partial charge >= 0.3 is 5.97 Å². The maximum Gasteiger partial charge on any atom is 0.356 e. The fraction of sp³-hybridized carbons (Fsp3) is 0.200. The minimum Gasteiger partial charge on any atom is -0.476 e. The fourth-order valence-corrected chi connectivity index (χ4v) is 3.41. The monoisotopic (exact) mass is 254 g/mol. The van der Waals surface area contributed by atoms with E-state index in [1.807, 2.05) is 19.9 Å². The van der Waals surface area contributed by atoms with E-state index in [2.05, 4.69) is 4.98 Å². The van der Waals surface area contributed by atoms with Crippen LogP contribution in [0.4, 0.5) is 5.13 Å². The number of hydrogen-bond acceptors (Lipinski definition) is 5. The molecule has 0 aliphatic rings. The van der Waals surface area contributed by atoms with E-state index >= 15 is 0 Å². The summed E-state index contributed by atoms with van der Waals surface area (Å²) in [5.74, 6) is -1.04. The number of carboxylic acid groups (broad SMARTS) is 1. The van der Waals surface area contributed by atoms with Crippen LogP contribution >= 0.6 is 22.7 Å². The van der Waals surface area contributed by atoms with Gasteiger partial charge in [-0.25, -0.2) is 9.78 Å².